The Kier molecular flexibility index (Phi) is 2.71. The molecule has 1 aromatic rings. The molecule has 2 heteroatoms. The van der Waals surface area contributed by atoms with Gasteiger partial charge in [0.15, 0.2) is 0 Å². The van der Waals surface area contributed by atoms with Gasteiger partial charge >= 0.3 is 0 Å². The van der Waals surface area contributed by atoms with Crippen LogP contribution in [0.4, 0.5) is 0 Å². The summed E-state index contributed by atoms with van der Waals surface area (Å²) >= 11 is 0. The Bertz CT molecular complexity index is 429. The van der Waals surface area contributed by atoms with E-state index in [-0.39, 0.29) is 0 Å². The van der Waals surface area contributed by atoms with Crippen molar-refractivity contribution in [1.29, 1.82) is 0 Å². The van der Waals surface area contributed by atoms with Crippen molar-refractivity contribution in [2.75, 3.05) is 0 Å². The normalized spacial score (nSPS) is 39.7. The summed E-state index contributed by atoms with van der Waals surface area (Å²) in [5, 5.41) is 0. The predicted molar refractivity (Wildman–Crippen MR) is 75.3 cm³/mol. The zero-order valence-corrected chi connectivity index (χ0v) is 11.5. The van der Waals surface area contributed by atoms with Crippen molar-refractivity contribution in [2.45, 2.75) is 50.5 Å². The predicted octanol–water partition coefficient (Wildman–Crippen LogP) is 3.54. The Hall–Kier alpha value is -0.860. The average molecular weight is 257 g/mol. The van der Waals surface area contributed by atoms with Gasteiger partial charge in [-0.25, -0.2) is 5.90 Å². The summed E-state index contributed by atoms with van der Waals surface area (Å²) in [4.78, 5) is 4.72. The molecule has 4 saturated carbocycles. The summed E-state index contributed by atoms with van der Waals surface area (Å²) in [6.07, 6.45) is 8.85. The maximum absolute atomic E-state index is 5.14. The molecule has 102 valence electrons. The first-order chi connectivity index (χ1) is 9.27. The Balaban J connectivity index is 1.64. The number of nitrogens with two attached hydrogens (primary N) is 1. The summed E-state index contributed by atoms with van der Waals surface area (Å²) < 4.78 is 0. The number of benzene rings is 1. The molecule has 0 spiro atoms. The molecule has 19 heavy (non-hydrogen) atoms. The summed E-state index contributed by atoms with van der Waals surface area (Å²) in [7, 11) is 0. The van der Waals surface area contributed by atoms with Crippen LogP contribution in [0.15, 0.2) is 24.3 Å². The smallest absolute Gasteiger partial charge is 0.0930 e. The molecular formula is C17H23NO. The van der Waals surface area contributed by atoms with Crippen molar-refractivity contribution in [3.8, 4) is 0 Å². The van der Waals surface area contributed by atoms with Gasteiger partial charge in [-0.3, -0.25) is 4.84 Å². The highest BCUT2D eigenvalue weighted by Gasteiger charge is 2.51. The standard InChI is InChI=1S/C17H23NO/c18-19-11-12-1-3-16(4-2-12)17-8-13-5-14(9-17)7-15(6-13)10-17/h1-4,13-15H,5-11,18H2. The van der Waals surface area contributed by atoms with Gasteiger partial charge in [-0.2, -0.15) is 0 Å². The number of rotatable bonds is 3. The lowest BCUT2D eigenvalue weighted by atomic mass is 9.48. The van der Waals surface area contributed by atoms with E-state index >= 15 is 0 Å². The minimum Gasteiger partial charge on any atom is -0.300 e. The van der Waals surface area contributed by atoms with Crippen LogP contribution >= 0.6 is 0 Å². The molecule has 0 heterocycles. The lowest BCUT2D eigenvalue weighted by molar-refractivity contribution is -0.00521. The lowest BCUT2D eigenvalue weighted by Crippen LogP contribution is -2.48. The molecule has 1 aromatic carbocycles. The van der Waals surface area contributed by atoms with Gasteiger partial charge in [-0.1, -0.05) is 24.3 Å². The lowest BCUT2D eigenvalue weighted by Gasteiger charge is -2.57. The van der Waals surface area contributed by atoms with Crippen LogP contribution < -0.4 is 5.90 Å². The number of hydrogen-bond donors (Lipinski definition) is 1. The van der Waals surface area contributed by atoms with Crippen molar-refractivity contribution >= 4 is 0 Å². The largest absolute Gasteiger partial charge is 0.300 e. The van der Waals surface area contributed by atoms with Crippen molar-refractivity contribution in [3.63, 3.8) is 0 Å². The molecule has 0 unspecified atom stereocenters. The first kappa shape index (κ1) is 11.9. The SMILES string of the molecule is NOCc1ccc(C23CC4CC(CC(C4)C2)C3)cc1. The summed E-state index contributed by atoms with van der Waals surface area (Å²) in [6, 6.07) is 9.06. The molecule has 4 bridgehead atoms. The molecule has 2 N–H and O–H groups in total. The first-order valence-corrected chi connectivity index (χ1v) is 7.68. The minimum absolute atomic E-state index is 0.511. The van der Waals surface area contributed by atoms with Gasteiger partial charge in [0.05, 0.1) is 6.61 Å². The van der Waals surface area contributed by atoms with Crippen LogP contribution in [0.1, 0.15) is 49.7 Å². The van der Waals surface area contributed by atoms with Crippen LogP contribution in [-0.2, 0) is 16.9 Å². The minimum atomic E-state index is 0.511. The van der Waals surface area contributed by atoms with Crippen molar-refractivity contribution in [3.05, 3.63) is 35.4 Å². The fourth-order valence-electron chi connectivity index (χ4n) is 5.51. The fraction of sp³-hybridized carbons (Fsp3) is 0.647. The van der Waals surface area contributed by atoms with Crippen LogP contribution in [0.5, 0.6) is 0 Å². The van der Waals surface area contributed by atoms with E-state index < -0.39 is 0 Å². The fourth-order valence-corrected chi connectivity index (χ4v) is 5.51. The molecule has 4 fully saturated rings. The third-order valence-electron chi connectivity index (χ3n) is 5.85. The zero-order chi connectivity index (χ0) is 12.9. The molecule has 4 aliphatic carbocycles. The molecule has 0 amide bonds. The zero-order valence-electron chi connectivity index (χ0n) is 11.5. The maximum Gasteiger partial charge on any atom is 0.0930 e. The topological polar surface area (TPSA) is 35.2 Å². The van der Waals surface area contributed by atoms with Crippen molar-refractivity contribution in [2.24, 2.45) is 23.7 Å². The first-order valence-electron chi connectivity index (χ1n) is 7.68. The van der Waals surface area contributed by atoms with Gasteiger partial charge in [0.1, 0.15) is 0 Å². The van der Waals surface area contributed by atoms with Gasteiger partial charge in [-0.05, 0) is 72.8 Å². The summed E-state index contributed by atoms with van der Waals surface area (Å²) in [5.74, 6) is 8.18. The van der Waals surface area contributed by atoms with E-state index in [4.69, 9.17) is 10.7 Å². The van der Waals surface area contributed by atoms with Gasteiger partial charge < -0.3 is 0 Å². The third kappa shape index (κ3) is 1.93. The maximum atomic E-state index is 5.14. The molecular weight excluding hydrogens is 234 g/mol. The van der Waals surface area contributed by atoms with E-state index in [2.05, 4.69) is 24.3 Å². The van der Waals surface area contributed by atoms with Gasteiger partial charge in [-0.15, -0.1) is 0 Å². The van der Waals surface area contributed by atoms with Gasteiger partial charge in [0.2, 0.25) is 0 Å². The van der Waals surface area contributed by atoms with Crippen molar-refractivity contribution in [1.82, 2.24) is 0 Å². The van der Waals surface area contributed by atoms with Crippen molar-refractivity contribution < 1.29 is 4.84 Å². The molecule has 5 rings (SSSR count). The van der Waals surface area contributed by atoms with E-state index in [9.17, 15) is 0 Å². The Morgan fingerprint density at radius 2 is 1.47 bits per heavy atom. The highest BCUT2D eigenvalue weighted by atomic mass is 16.6. The average Bonchev–Trinajstić information content (AvgIpc) is 2.38. The molecule has 0 aromatic heterocycles. The van der Waals surface area contributed by atoms with E-state index in [0.29, 0.717) is 12.0 Å². The quantitative estimate of drug-likeness (QED) is 0.841. The molecule has 0 radical (unpaired) electrons. The third-order valence-corrected chi connectivity index (χ3v) is 5.85. The van der Waals surface area contributed by atoms with Crippen LogP contribution in [0.3, 0.4) is 0 Å². The second-order valence-electron chi connectivity index (χ2n) is 7.21. The monoisotopic (exact) mass is 257 g/mol. The van der Waals surface area contributed by atoms with Crippen LogP contribution in [0, 0.1) is 17.8 Å². The van der Waals surface area contributed by atoms with E-state index in [1.54, 1.807) is 5.56 Å². The summed E-state index contributed by atoms with van der Waals surface area (Å²) in [6.45, 7) is 0.515. The van der Waals surface area contributed by atoms with Gasteiger partial charge in [0.25, 0.3) is 0 Å². The highest BCUT2D eigenvalue weighted by molar-refractivity contribution is 5.32. The van der Waals surface area contributed by atoms with Gasteiger partial charge in [0, 0.05) is 0 Å². The molecule has 0 atom stereocenters. The molecule has 4 aliphatic rings. The second-order valence-corrected chi connectivity index (χ2v) is 7.21. The Labute approximate surface area is 115 Å². The highest BCUT2D eigenvalue weighted by Crippen LogP contribution is 2.60. The summed E-state index contributed by atoms with van der Waals surface area (Å²) in [5.41, 5.74) is 3.26. The Morgan fingerprint density at radius 3 is 1.95 bits per heavy atom. The van der Waals surface area contributed by atoms with Crippen LogP contribution in [0.2, 0.25) is 0 Å². The van der Waals surface area contributed by atoms with E-state index in [1.165, 1.54) is 44.1 Å². The molecule has 0 saturated heterocycles. The Morgan fingerprint density at radius 1 is 0.947 bits per heavy atom. The van der Waals surface area contributed by atoms with E-state index in [0.717, 1.165) is 17.8 Å². The van der Waals surface area contributed by atoms with E-state index in [1.807, 2.05) is 0 Å². The molecule has 0 aliphatic heterocycles. The second kappa shape index (κ2) is 4.32. The van der Waals surface area contributed by atoms with Crippen LogP contribution in [0.25, 0.3) is 0 Å². The van der Waals surface area contributed by atoms with Crippen LogP contribution in [-0.4, -0.2) is 0 Å². The molecule has 2 nitrogen and oxygen atoms in total. The number of hydrogen-bond acceptors (Lipinski definition) is 2.